The molecule has 0 aliphatic heterocycles. The second-order valence-corrected chi connectivity index (χ2v) is 10.9. The lowest BCUT2D eigenvalue weighted by atomic mass is 10.1. The number of nitrogens with two attached hydrogens (primary N) is 1. The minimum absolute atomic E-state index is 0.0428. The molecule has 206 valence electrons. The Balaban J connectivity index is 1.57. The van der Waals surface area contributed by atoms with E-state index in [4.69, 9.17) is 5.14 Å². The maximum atomic E-state index is 14.4. The Kier molecular flexibility index (Phi) is 7.46. The van der Waals surface area contributed by atoms with Gasteiger partial charge >= 0.3 is 5.69 Å². The molecule has 0 radical (unpaired) electrons. The van der Waals surface area contributed by atoms with Crippen molar-refractivity contribution in [3.05, 3.63) is 110 Å². The summed E-state index contributed by atoms with van der Waals surface area (Å²) in [5, 5.41) is 5.39. The van der Waals surface area contributed by atoms with Crippen LogP contribution in [0.25, 0.3) is 22.4 Å². The molecule has 5 aromatic rings. The number of fused-ring (bicyclic) bond motifs is 1. The largest absolute Gasteiger partial charge is 0.336 e. The van der Waals surface area contributed by atoms with E-state index in [9.17, 15) is 22.4 Å². The van der Waals surface area contributed by atoms with Crippen molar-refractivity contribution in [2.45, 2.75) is 44.2 Å². The first-order valence-corrected chi connectivity index (χ1v) is 14.2. The lowest BCUT2D eigenvalue weighted by Crippen LogP contribution is -2.40. The molecule has 3 aromatic heterocycles. The van der Waals surface area contributed by atoms with Crippen LogP contribution in [0.15, 0.2) is 81.3 Å². The van der Waals surface area contributed by atoms with Crippen LogP contribution in [-0.2, 0) is 29.5 Å². The quantitative estimate of drug-likeness (QED) is 0.282. The van der Waals surface area contributed by atoms with E-state index in [-0.39, 0.29) is 34.6 Å². The van der Waals surface area contributed by atoms with Crippen LogP contribution in [0.5, 0.6) is 0 Å². The molecule has 0 spiro atoms. The van der Waals surface area contributed by atoms with Gasteiger partial charge in [0.05, 0.1) is 17.1 Å². The van der Waals surface area contributed by atoms with Crippen LogP contribution in [0.3, 0.4) is 0 Å². The maximum Gasteiger partial charge on any atom is 0.333 e. The summed E-state index contributed by atoms with van der Waals surface area (Å²) in [6.07, 6.45) is 3.30. The molecule has 0 aliphatic carbocycles. The number of rotatable bonds is 9. The fraction of sp³-hybridized carbons (Fsp3) is 0.214. The normalized spacial score (nSPS) is 11.8. The molecule has 0 aliphatic rings. The van der Waals surface area contributed by atoms with Crippen molar-refractivity contribution in [1.82, 2.24) is 24.1 Å². The van der Waals surface area contributed by atoms with Crippen molar-refractivity contribution in [1.29, 1.82) is 0 Å². The summed E-state index contributed by atoms with van der Waals surface area (Å²) in [4.78, 5) is 38.7. The summed E-state index contributed by atoms with van der Waals surface area (Å²) in [5.74, 6) is -0.0749. The first-order valence-electron chi connectivity index (χ1n) is 12.7. The molecule has 5 rings (SSSR count). The summed E-state index contributed by atoms with van der Waals surface area (Å²) in [5.41, 5.74) is 0.971. The van der Waals surface area contributed by atoms with Gasteiger partial charge in [-0.3, -0.25) is 18.9 Å². The molecule has 0 atom stereocenters. The van der Waals surface area contributed by atoms with Crippen LogP contribution >= 0.6 is 0 Å². The molecule has 0 unspecified atom stereocenters. The van der Waals surface area contributed by atoms with Gasteiger partial charge in [0.25, 0.3) is 5.56 Å². The number of primary sulfonamides is 1. The molecular weight excluding hydrogens is 535 g/mol. The van der Waals surface area contributed by atoms with Gasteiger partial charge in [0.1, 0.15) is 17.2 Å². The third kappa shape index (κ3) is 5.36. The molecule has 12 heteroatoms. The van der Waals surface area contributed by atoms with Crippen molar-refractivity contribution in [3.63, 3.8) is 0 Å². The number of nitrogens with one attached hydrogen (secondary N) is 1. The second-order valence-electron chi connectivity index (χ2n) is 9.42. The van der Waals surface area contributed by atoms with Gasteiger partial charge in [-0.15, -0.1) is 0 Å². The molecule has 3 heterocycles. The number of aryl methyl sites for hydroxylation is 1. The lowest BCUT2D eigenvalue weighted by Gasteiger charge is -2.11. The third-order valence-electron chi connectivity index (χ3n) is 6.60. The molecule has 0 saturated heterocycles. The number of aromatic nitrogens is 5. The number of hydrogen-bond acceptors (Lipinski definition) is 6. The first kappa shape index (κ1) is 27.2. The van der Waals surface area contributed by atoms with Gasteiger partial charge in [-0.2, -0.15) is 0 Å². The number of pyridine rings is 1. The number of H-pyrrole nitrogens is 1. The molecule has 0 saturated carbocycles. The average Bonchev–Trinajstić information content (AvgIpc) is 3.35. The van der Waals surface area contributed by atoms with E-state index < -0.39 is 27.1 Å². The monoisotopic (exact) mass is 562 g/mol. The highest BCUT2D eigenvalue weighted by Crippen LogP contribution is 2.26. The van der Waals surface area contributed by atoms with E-state index in [0.717, 1.165) is 16.6 Å². The van der Waals surface area contributed by atoms with Gasteiger partial charge in [0, 0.05) is 30.3 Å². The Morgan fingerprint density at radius 3 is 2.52 bits per heavy atom. The van der Waals surface area contributed by atoms with Gasteiger partial charge in [0.2, 0.25) is 10.0 Å². The van der Waals surface area contributed by atoms with Crippen LogP contribution < -0.4 is 16.4 Å². The van der Waals surface area contributed by atoms with E-state index in [1.54, 1.807) is 48.7 Å². The summed E-state index contributed by atoms with van der Waals surface area (Å²) in [6, 6.07) is 15.8. The Morgan fingerprint density at radius 2 is 1.77 bits per heavy atom. The summed E-state index contributed by atoms with van der Waals surface area (Å²) in [7, 11) is -3.97. The van der Waals surface area contributed by atoms with Gasteiger partial charge in [0.15, 0.2) is 5.65 Å². The van der Waals surface area contributed by atoms with Crippen LogP contribution in [0, 0.1) is 5.82 Å². The predicted molar refractivity (Wildman–Crippen MR) is 149 cm³/mol. The molecule has 10 nitrogen and oxygen atoms in total. The average molecular weight is 563 g/mol. The van der Waals surface area contributed by atoms with Crippen molar-refractivity contribution >= 4 is 21.2 Å². The number of unbranched alkanes of at least 4 members (excludes halogenated alkanes) is 1. The zero-order valence-corrected chi connectivity index (χ0v) is 22.5. The first-order chi connectivity index (χ1) is 19.2. The summed E-state index contributed by atoms with van der Waals surface area (Å²) < 4.78 is 41.0. The maximum absolute atomic E-state index is 14.4. The minimum atomic E-state index is -3.97. The molecule has 2 aromatic carbocycles. The minimum Gasteiger partial charge on any atom is -0.336 e. The van der Waals surface area contributed by atoms with E-state index in [2.05, 4.69) is 15.0 Å². The fourth-order valence-corrected chi connectivity index (χ4v) is 5.35. The zero-order valence-electron chi connectivity index (χ0n) is 21.7. The highest BCUT2D eigenvalue weighted by atomic mass is 32.2. The third-order valence-corrected chi connectivity index (χ3v) is 7.57. The molecule has 0 bridgehead atoms. The Morgan fingerprint density at radius 1 is 1.02 bits per heavy atom. The smallest absolute Gasteiger partial charge is 0.333 e. The van der Waals surface area contributed by atoms with Crippen LogP contribution in [0.2, 0.25) is 0 Å². The standard InChI is InChI=1S/C28H27FN6O4S/c1-2-3-14-34-26-25(27(36)35(28(34)37)17-19-8-4-6-10-21(19)29)32-24(33-26)16-18-12-13-31-22(15-18)20-9-5-7-11-23(20)40(30,38)39/h4-13,15H,2-3,14,16-17H2,1H3,(H,32,33)(H2,30,38,39). The highest BCUT2D eigenvalue weighted by molar-refractivity contribution is 7.89. The summed E-state index contributed by atoms with van der Waals surface area (Å²) in [6.45, 7) is 2.12. The number of imidazole rings is 1. The highest BCUT2D eigenvalue weighted by Gasteiger charge is 2.19. The topological polar surface area (TPSA) is 146 Å². The Hall–Kier alpha value is -4.42. The number of benzene rings is 2. The SMILES string of the molecule is CCCCn1c(=O)n(Cc2ccccc2F)c(=O)c2[nH]c(Cc3ccnc(-c4ccccc4S(N)(=O)=O)c3)nc21. The van der Waals surface area contributed by atoms with E-state index >= 15 is 0 Å². The molecule has 0 amide bonds. The van der Waals surface area contributed by atoms with Crippen molar-refractivity contribution in [2.24, 2.45) is 5.14 Å². The van der Waals surface area contributed by atoms with Gasteiger partial charge in [-0.1, -0.05) is 49.7 Å². The molecule has 3 N–H and O–H groups in total. The van der Waals surface area contributed by atoms with Gasteiger partial charge in [-0.25, -0.2) is 27.7 Å². The number of hydrogen-bond donors (Lipinski definition) is 2. The fourth-order valence-electron chi connectivity index (χ4n) is 4.60. The summed E-state index contributed by atoms with van der Waals surface area (Å²) >= 11 is 0. The number of halogens is 1. The Labute approximate surface area is 229 Å². The van der Waals surface area contributed by atoms with Gasteiger partial charge in [-0.05, 0) is 36.2 Å². The van der Waals surface area contributed by atoms with E-state index in [0.29, 0.717) is 30.0 Å². The van der Waals surface area contributed by atoms with Crippen LogP contribution in [0.1, 0.15) is 36.7 Å². The molecule has 40 heavy (non-hydrogen) atoms. The number of sulfonamides is 1. The number of nitrogens with zero attached hydrogens (tertiary/aromatic N) is 4. The molecular formula is C28H27FN6O4S. The molecule has 0 fully saturated rings. The van der Waals surface area contributed by atoms with Crippen LogP contribution in [0.4, 0.5) is 4.39 Å². The Bertz CT molecular complexity index is 1940. The van der Waals surface area contributed by atoms with Crippen molar-refractivity contribution in [2.75, 3.05) is 0 Å². The zero-order chi connectivity index (χ0) is 28.4. The van der Waals surface area contributed by atoms with Crippen molar-refractivity contribution < 1.29 is 12.8 Å². The number of aromatic amines is 1. The lowest BCUT2D eigenvalue weighted by molar-refractivity contribution is 0.553. The second kappa shape index (κ2) is 11.0. The van der Waals surface area contributed by atoms with Crippen LogP contribution in [-0.4, -0.2) is 32.5 Å². The van der Waals surface area contributed by atoms with Crippen molar-refractivity contribution in [3.8, 4) is 11.3 Å². The van der Waals surface area contributed by atoms with E-state index in [1.807, 2.05) is 6.92 Å². The predicted octanol–water partition coefficient (Wildman–Crippen LogP) is 3.17. The van der Waals surface area contributed by atoms with E-state index in [1.165, 1.54) is 22.8 Å². The van der Waals surface area contributed by atoms with Gasteiger partial charge < -0.3 is 4.98 Å².